The van der Waals surface area contributed by atoms with E-state index < -0.39 is 12.6 Å². The summed E-state index contributed by atoms with van der Waals surface area (Å²) in [6.45, 7) is -2.63. The standard InChI is InChI=1S/C16H16F2N2O3/c1-22-13-8-7-12(9-14(13)23-15(17)18)20-16(21)19-10-11-5-3-2-4-6-11/h2-9,15H,10H2,1H3,(H2,19,20,21). The fourth-order valence-corrected chi connectivity index (χ4v) is 1.90. The molecule has 0 bridgehead atoms. The van der Waals surface area contributed by atoms with Gasteiger partial charge in [0.05, 0.1) is 7.11 Å². The molecule has 2 aromatic rings. The van der Waals surface area contributed by atoms with E-state index in [0.29, 0.717) is 12.2 Å². The van der Waals surface area contributed by atoms with Gasteiger partial charge >= 0.3 is 12.6 Å². The summed E-state index contributed by atoms with van der Waals surface area (Å²) in [6.07, 6.45) is 0. The minimum absolute atomic E-state index is 0.150. The molecule has 0 unspecified atom stereocenters. The van der Waals surface area contributed by atoms with E-state index in [-0.39, 0.29) is 11.5 Å². The molecule has 0 atom stereocenters. The van der Waals surface area contributed by atoms with Gasteiger partial charge in [-0.05, 0) is 17.7 Å². The van der Waals surface area contributed by atoms with Crippen LogP contribution >= 0.6 is 0 Å². The lowest BCUT2D eigenvalue weighted by Gasteiger charge is -2.12. The second kappa shape index (κ2) is 7.98. The predicted octanol–water partition coefficient (Wildman–Crippen LogP) is 3.62. The summed E-state index contributed by atoms with van der Waals surface area (Å²) in [7, 11) is 1.34. The largest absolute Gasteiger partial charge is 0.493 e. The second-order valence-corrected chi connectivity index (χ2v) is 4.54. The van der Waals surface area contributed by atoms with Crippen molar-refractivity contribution in [3.05, 3.63) is 54.1 Å². The summed E-state index contributed by atoms with van der Waals surface area (Å²) < 4.78 is 34.0. The summed E-state index contributed by atoms with van der Waals surface area (Å²) in [6, 6.07) is 13.1. The van der Waals surface area contributed by atoms with E-state index in [9.17, 15) is 13.6 Å². The third-order valence-electron chi connectivity index (χ3n) is 2.93. The monoisotopic (exact) mass is 322 g/mol. The maximum absolute atomic E-state index is 12.4. The van der Waals surface area contributed by atoms with Crippen LogP contribution in [0.5, 0.6) is 11.5 Å². The molecular weight excluding hydrogens is 306 g/mol. The van der Waals surface area contributed by atoms with Crippen molar-refractivity contribution in [3.8, 4) is 11.5 Å². The summed E-state index contributed by atoms with van der Waals surface area (Å²) >= 11 is 0. The van der Waals surface area contributed by atoms with Gasteiger partial charge in [-0.15, -0.1) is 0 Å². The van der Waals surface area contributed by atoms with Crippen molar-refractivity contribution in [2.24, 2.45) is 0 Å². The molecule has 0 saturated heterocycles. The molecule has 0 aliphatic rings. The van der Waals surface area contributed by atoms with Crippen molar-refractivity contribution in [2.45, 2.75) is 13.2 Å². The molecule has 0 aliphatic carbocycles. The number of rotatable bonds is 6. The van der Waals surface area contributed by atoms with Gasteiger partial charge < -0.3 is 20.1 Å². The molecule has 2 rings (SSSR count). The number of nitrogens with one attached hydrogen (secondary N) is 2. The van der Waals surface area contributed by atoms with E-state index >= 15 is 0 Å². The van der Waals surface area contributed by atoms with Crippen LogP contribution in [0.4, 0.5) is 19.3 Å². The zero-order valence-electron chi connectivity index (χ0n) is 12.4. The normalized spacial score (nSPS) is 10.3. The molecule has 2 N–H and O–H groups in total. The maximum atomic E-state index is 12.4. The zero-order chi connectivity index (χ0) is 16.7. The molecule has 122 valence electrons. The number of amides is 2. The number of urea groups is 1. The summed E-state index contributed by atoms with van der Waals surface area (Å²) in [5.74, 6) is 0.00361. The number of hydrogen-bond acceptors (Lipinski definition) is 3. The van der Waals surface area contributed by atoms with Gasteiger partial charge in [-0.25, -0.2) is 4.79 Å². The van der Waals surface area contributed by atoms with Gasteiger partial charge in [0.2, 0.25) is 0 Å². The number of ether oxygens (including phenoxy) is 2. The number of benzene rings is 2. The lowest BCUT2D eigenvalue weighted by Crippen LogP contribution is -2.28. The average Bonchev–Trinajstić information content (AvgIpc) is 2.54. The van der Waals surface area contributed by atoms with Gasteiger partial charge in [0, 0.05) is 18.3 Å². The third kappa shape index (κ3) is 5.14. The highest BCUT2D eigenvalue weighted by atomic mass is 19.3. The van der Waals surface area contributed by atoms with E-state index in [0.717, 1.165) is 5.56 Å². The second-order valence-electron chi connectivity index (χ2n) is 4.54. The lowest BCUT2D eigenvalue weighted by atomic mass is 10.2. The van der Waals surface area contributed by atoms with Crippen LogP contribution in [0, 0.1) is 0 Å². The van der Waals surface area contributed by atoms with Gasteiger partial charge in [0.15, 0.2) is 11.5 Å². The van der Waals surface area contributed by atoms with Gasteiger partial charge in [0.25, 0.3) is 0 Å². The Bertz CT molecular complexity index is 651. The van der Waals surface area contributed by atoms with E-state index in [4.69, 9.17) is 4.74 Å². The Morgan fingerprint density at radius 2 is 1.87 bits per heavy atom. The SMILES string of the molecule is COc1ccc(NC(=O)NCc2ccccc2)cc1OC(F)F. The van der Waals surface area contributed by atoms with Crippen molar-refractivity contribution < 1.29 is 23.0 Å². The van der Waals surface area contributed by atoms with E-state index in [1.807, 2.05) is 30.3 Å². The molecule has 7 heteroatoms. The van der Waals surface area contributed by atoms with Gasteiger partial charge in [0.1, 0.15) is 0 Å². The molecule has 0 heterocycles. The Labute approximate surface area is 132 Å². The van der Waals surface area contributed by atoms with E-state index in [1.165, 1.54) is 25.3 Å². The van der Waals surface area contributed by atoms with Crippen LogP contribution in [0.1, 0.15) is 5.56 Å². The molecule has 0 radical (unpaired) electrons. The number of alkyl halides is 2. The molecule has 23 heavy (non-hydrogen) atoms. The fraction of sp³-hybridized carbons (Fsp3) is 0.188. The van der Waals surface area contributed by atoms with Crippen molar-refractivity contribution >= 4 is 11.7 Å². The Morgan fingerprint density at radius 1 is 1.13 bits per heavy atom. The number of carbonyl (C=O) groups is 1. The highest BCUT2D eigenvalue weighted by Crippen LogP contribution is 2.31. The summed E-state index contributed by atoms with van der Waals surface area (Å²) in [4.78, 5) is 11.8. The molecule has 2 amide bonds. The first-order valence-corrected chi connectivity index (χ1v) is 6.80. The number of methoxy groups -OCH3 is 1. The molecule has 0 spiro atoms. The molecule has 5 nitrogen and oxygen atoms in total. The number of halogens is 2. The zero-order valence-corrected chi connectivity index (χ0v) is 12.4. The number of carbonyl (C=O) groups excluding carboxylic acids is 1. The van der Waals surface area contributed by atoms with Crippen molar-refractivity contribution in [2.75, 3.05) is 12.4 Å². The summed E-state index contributed by atoms with van der Waals surface area (Å²) in [5.41, 5.74) is 1.26. The van der Waals surface area contributed by atoms with Crippen LogP contribution < -0.4 is 20.1 Å². The van der Waals surface area contributed by atoms with Gasteiger partial charge in [-0.2, -0.15) is 8.78 Å². The number of hydrogen-bond donors (Lipinski definition) is 2. The summed E-state index contributed by atoms with van der Waals surface area (Å²) in [5, 5.41) is 5.21. The first-order chi connectivity index (χ1) is 11.1. The van der Waals surface area contributed by atoms with Crippen LogP contribution in [-0.4, -0.2) is 19.8 Å². The Hall–Kier alpha value is -2.83. The Morgan fingerprint density at radius 3 is 2.52 bits per heavy atom. The van der Waals surface area contributed by atoms with E-state index in [2.05, 4.69) is 15.4 Å². The first kappa shape index (κ1) is 16.5. The van der Waals surface area contributed by atoms with E-state index in [1.54, 1.807) is 0 Å². The minimum Gasteiger partial charge on any atom is -0.493 e. The van der Waals surface area contributed by atoms with Crippen LogP contribution in [0.3, 0.4) is 0 Å². The molecule has 2 aromatic carbocycles. The van der Waals surface area contributed by atoms with Gasteiger partial charge in [-0.1, -0.05) is 30.3 Å². The minimum atomic E-state index is -2.98. The third-order valence-corrected chi connectivity index (χ3v) is 2.93. The van der Waals surface area contributed by atoms with Crippen LogP contribution in [0.25, 0.3) is 0 Å². The van der Waals surface area contributed by atoms with Crippen LogP contribution in [0.15, 0.2) is 48.5 Å². The first-order valence-electron chi connectivity index (χ1n) is 6.80. The fourth-order valence-electron chi connectivity index (χ4n) is 1.90. The molecule has 0 aliphatic heterocycles. The quantitative estimate of drug-likeness (QED) is 0.854. The molecule has 0 aromatic heterocycles. The number of anilines is 1. The lowest BCUT2D eigenvalue weighted by molar-refractivity contribution is -0.0511. The topological polar surface area (TPSA) is 59.6 Å². The van der Waals surface area contributed by atoms with Crippen molar-refractivity contribution in [1.82, 2.24) is 5.32 Å². The molecular formula is C16H16F2N2O3. The Kier molecular flexibility index (Phi) is 5.74. The average molecular weight is 322 g/mol. The Balaban J connectivity index is 1.97. The highest BCUT2D eigenvalue weighted by molar-refractivity contribution is 5.89. The highest BCUT2D eigenvalue weighted by Gasteiger charge is 2.12. The maximum Gasteiger partial charge on any atom is 0.387 e. The van der Waals surface area contributed by atoms with Crippen LogP contribution in [-0.2, 0) is 6.54 Å². The van der Waals surface area contributed by atoms with Crippen LogP contribution in [0.2, 0.25) is 0 Å². The van der Waals surface area contributed by atoms with Crippen molar-refractivity contribution in [3.63, 3.8) is 0 Å². The van der Waals surface area contributed by atoms with Gasteiger partial charge in [-0.3, -0.25) is 0 Å². The molecule has 0 saturated carbocycles. The van der Waals surface area contributed by atoms with Crippen molar-refractivity contribution in [1.29, 1.82) is 0 Å². The predicted molar refractivity (Wildman–Crippen MR) is 81.9 cm³/mol. The molecule has 0 fully saturated rings. The smallest absolute Gasteiger partial charge is 0.387 e.